The topological polar surface area (TPSA) is 88.5 Å². The van der Waals surface area contributed by atoms with E-state index in [1.54, 1.807) is 14.0 Å². The normalized spacial score (nSPS) is 52.9. The zero-order valence-electron chi connectivity index (χ0n) is 20.9. The summed E-state index contributed by atoms with van der Waals surface area (Å²) in [5, 5.41) is 22.2. The summed E-state index contributed by atoms with van der Waals surface area (Å²) in [4.78, 5) is 16.0. The van der Waals surface area contributed by atoms with E-state index in [2.05, 4.69) is 30.9 Å². The Labute approximate surface area is 202 Å². The highest BCUT2D eigenvalue weighted by Crippen LogP contribution is 2.65. The van der Waals surface area contributed by atoms with Crippen molar-refractivity contribution in [2.45, 2.75) is 88.6 Å². The molecule has 3 aliphatic heterocycles. The van der Waals surface area contributed by atoms with Crippen LogP contribution in [-0.2, 0) is 19.0 Å². The fourth-order valence-corrected chi connectivity index (χ4v) is 8.98. The van der Waals surface area contributed by atoms with Crippen molar-refractivity contribution >= 4 is 5.97 Å². The van der Waals surface area contributed by atoms with E-state index < -0.39 is 35.5 Å². The van der Waals surface area contributed by atoms with E-state index in [4.69, 9.17) is 14.2 Å². The van der Waals surface area contributed by atoms with Gasteiger partial charge in [0.1, 0.15) is 11.7 Å². The molecule has 12 atom stereocenters. The second-order valence-corrected chi connectivity index (χ2v) is 11.7. The largest absolute Gasteiger partial charge is 0.457 e. The molecular formula is C27H39NO6. The molecule has 4 bridgehead atoms. The van der Waals surface area contributed by atoms with Gasteiger partial charge in [-0.25, -0.2) is 4.79 Å². The first-order valence-electron chi connectivity index (χ1n) is 13.1. The van der Waals surface area contributed by atoms with Crippen LogP contribution in [0.1, 0.15) is 47.0 Å². The van der Waals surface area contributed by atoms with Crippen molar-refractivity contribution in [3.63, 3.8) is 0 Å². The fourth-order valence-electron chi connectivity index (χ4n) is 8.98. The van der Waals surface area contributed by atoms with Crippen LogP contribution < -0.4 is 0 Å². The Bertz CT molecular complexity index is 939. The molecule has 188 valence electrons. The minimum atomic E-state index is -1.19. The first kappa shape index (κ1) is 23.2. The van der Waals surface area contributed by atoms with Crippen LogP contribution in [0.5, 0.6) is 0 Å². The molecule has 3 aliphatic carbocycles. The van der Waals surface area contributed by atoms with Gasteiger partial charge in [0.2, 0.25) is 0 Å². The first-order chi connectivity index (χ1) is 16.2. The van der Waals surface area contributed by atoms with E-state index in [1.165, 1.54) is 12.8 Å². The van der Waals surface area contributed by atoms with Crippen molar-refractivity contribution in [3.8, 4) is 0 Å². The minimum absolute atomic E-state index is 0.0201. The molecule has 0 aromatic heterocycles. The summed E-state index contributed by atoms with van der Waals surface area (Å²) < 4.78 is 19.0. The Morgan fingerprint density at radius 3 is 2.59 bits per heavy atom. The molecule has 0 aromatic carbocycles. The van der Waals surface area contributed by atoms with Crippen molar-refractivity contribution in [3.05, 3.63) is 23.3 Å². The average Bonchev–Trinajstić information content (AvgIpc) is 3.38. The van der Waals surface area contributed by atoms with Crippen LogP contribution in [0.4, 0.5) is 0 Å². The molecule has 0 amide bonds. The number of carbonyl (C=O) groups is 1. The van der Waals surface area contributed by atoms with E-state index in [0.717, 1.165) is 24.2 Å². The second-order valence-electron chi connectivity index (χ2n) is 11.7. The van der Waals surface area contributed by atoms with Gasteiger partial charge < -0.3 is 24.4 Å². The number of aliphatic hydroxyl groups is 2. The summed E-state index contributed by atoms with van der Waals surface area (Å²) in [5.41, 5.74) is 0.0224. The standard InChI is InChI=1S/C27H39NO6/c1-13-19-15(3)27-17(12-26(19,32-5)25(31)33-23(13)16(4)29)8-9-18-20(27)22(30)14(2)21(24(18)34-27)28-10-6-7-11-28/h8-9,13-14,16-18,20-24,29-30H,6-7,10-12H2,1-5H3/t13-,14+,16-,17-,18-,20+,21+,22-,23+,24-,26-,27+/m1/s1. The quantitative estimate of drug-likeness (QED) is 0.479. The molecule has 4 fully saturated rings. The Morgan fingerprint density at radius 1 is 1.24 bits per heavy atom. The van der Waals surface area contributed by atoms with Crippen LogP contribution in [0.3, 0.4) is 0 Å². The molecule has 6 aliphatic rings. The third-order valence-electron chi connectivity index (χ3n) is 10.4. The number of carbonyl (C=O) groups excluding carboxylic acids is 1. The van der Waals surface area contributed by atoms with Gasteiger partial charge in [0, 0.05) is 49.2 Å². The number of ether oxygens (including phenoxy) is 3. The lowest BCUT2D eigenvalue weighted by Gasteiger charge is -2.56. The molecule has 2 N–H and O–H groups in total. The lowest BCUT2D eigenvalue weighted by Crippen LogP contribution is -2.65. The average molecular weight is 474 g/mol. The smallest absolute Gasteiger partial charge is 0.343 e. The summed E-state index contributed by atoms with van der Waals surface area (Å²) in [6.45, 7) is 10.1. The van der Waals surface area contributed by atoms with Crippen molar-refractivity contribution in [1.29, 1.82) is 0 Å². The van der Waals surface area contributed by atoms with Gasteiger partial charge in [-0.2, -0.15) is 0 Å². The summed E-state index contributed by atoms with van der Waals surface area (Å²) in [6, 6.07) is 0.187. The maximum Gasteiger partial charge on any atom is 0.343 e. The third kappa shape index (κ3) is 2.63. The fraction of sp³-hybridized carbons (Fsp3) is 0.815. The van der Waals surface area contributed by atoms with Crippen LogP contribution in [-0.4, -0.2) is 82.9 Å². The number of aliphatic hydroxyl groups excluding tert-OH is 2. The number of methoxy groups -OCH3 is 1. The zero-order valence-corrected chi connectivity index (χ0v) is 20.9. The van der Waals surface area contributed by atoms with Crippen molar-refractivity contribution < 1.29 is 29.2 Å². The van der Waals surface area contributed by atoms with Crippen LogP contribution in [0.25, 0.3) is 0 Å². The molecule has 3 heterocycles. The van der Waals surface area contributed by atoms with Crippen molar-refractivity contribution in [2.75, 3.05) is 20.2 Å². The van der Waals surface area contributed by atoms with E-state index in [1.807, 2.05) is 6.92 Å². The number of cyclic esters (lactones) is 1. The maximum absolute atomic E-state index is 13.4. The molecule has 0 unspecified atom stereocenters. The van der Waals surface area contributed by atoms with Crippen LogP contribution >= 0.6 is 0 Å². The van der Waals surface area contributed by atoms with Crippen LogP contribution in [0.15, 0.2) is 23.3 Å². The zero-order chi connectivity index (χ0) is 24.2. The molecule has 1 saturated carbocycles. The van der Waals surface area contributed by atoms with E-state index in [0.29, 0.717) is 6.42 Å². The minimum Gasteiger partial charge on any atom is -0.457 e. The Kier molecular flexibility index (Phi) is 5.20. The molecule has 3 saturated heterocycles. The van der Waals surface area contributed by atoms with Gasteiger partial charge in [-0.1, -0.05) is 26.0 Å². The summed E-state index contributed by atoms with van der Waals surface area (Å²) in [6.07, 6.45) is 5.38. The number of hydrogen-bond acceptors (Lipinski definition) is 7. The molecule has 7 nitrogen and oxygen atoms in total. The highest BCUT2D eigenvalue weighted by atomic mass is 16.6. The highest BCUT2D eigenvalue weighted by Gasteiger charge is 2.73. The molecular weight excluding hydrogens is 434 g/mol. The summed E-state index contributed by atoms with van der Waals surface area (Å²) in [7, 11) is 1.57. The number of likely N-dealkylation sites (tertiary alicyclic amines) is 1. The number of fused-ring (bicyclic) bond motifs is 1. The first-order valence-corrected chi connectivity index (χ1v) is 13.1. The maximum atomic E-state index is 13.4. The molecule has 0 radical (unpaired) electrons. The number of rotatable bonds is 3. The van der Waals surface area contributed by atoms with Crippen molar-refractivity contribution in [2.24, 2.45) is 29.6 Å². The third-order valence-corrected chi connectivity index (χ3v) is 10.4. The van der Waals surface area contributed by atoms with Crippen LogP contribution in [0, 0.1) is 29.6 Å². The predicted molar refractivity (Wildman–Crippen MR) is 125 cm³/mol. The summed E-state index contributed by atoms with van der Waals surface area (Å²) >= 11 is 0. The van der Waals surface area contributed by atoms with Crippen molar-refractivity contribution in [1.82, 2.24) is 4.90 Å². The molecule has 7 heteroatoms. The number of esters is 1. The molecule has 34 heavy (non-hydrogen) atoms. The Hall–Kier alpha value is -1.25. The SMILES string of the molecule is CO[C@]12C[C@H]3C=C[C@H]4[C@H]5O[C@]3(C(C)=C1[C@@H](C)[C@@H]([C@@H](C)O)OC2=O)[C@@H]4[C@H](O)[C@@H](C)[C@@H]5N1CCCC1. The van der Waals surface area contributed by atoms with E-state index >= 15 is 0 Å². The van der Waals surface area contributed by atoms with Gasteiger partial charge >= 0.3 is 5.97 Å². The van der Waals surface area contributed by atoms with Gasteiger partial charge in [0.15, 0.2) is 5.60 Å². The number of nitrogens with zero attached hydrogens (tertiary/aromatic N) is 1. The Morgan fingerprint density at radius 2 is 1.94 bits per heavy atom. The van der Waals surface area contributed by atoms with Gasteiger partial charge in [0.25, 0.3) is 0 Å². The van der Waals surface area contributed by atoms with Gasteiger partial charge in [-0.15, -0.1) is 0 Å². The second kappa shape index (κ2) is 7.62. The highest BCUT2D eigenvalue weighted by molar-refractivity contribution is 5.86. The Balaban J connectivity index is 1.52. The lowest BCUT2D eigenvalue weighted by molar-refractivity contribution is -0.198. The van der Waals surface area contributed by atoms with E-state index in [-0.39, 0.29) is 41.7 Å². The molecule has 0 aromatic rings. The summed E-state index contributed by atoms with van der Waals surface area (Å²) in [5.74, 6) is -0.531. The van der Waals surface area contributed by atoms with Gasteiger partial charge in [-0.3, -0.25) is 4.90 Å². The van der Waals surface area contributed by atoms with Crippen LogP contribution in [0.2, 0.25) is 0 Å². The van der Waals surface area contributed by atoms with E-state index in [9.17, 15) is 15.0 Å². The lowest BCUT2D eigenvalue weighted by atomic mass is 9.52. The molecule has 6 rings (SSSR count). The predicted octanol–water partition coefficient (Wildman–Crippen LogP) is 2.07. The van der Waals surface area contributed by atoms with Gasteiger partial charge in [-0.05, 0) is 50.9 Å². The van der Waals surface area contributed by atoms with Gasteiger partial charge in [0.05, 0.1) is 18.3 Å². The monoisotopic (exact) mass is 473 g/mol. The molecule has 1 spiro atoms. The number of hydrogen-bond donors (Lipinski definition) is 2.